The van der Waals surface area contributed by atoms with Gasteiger partial charge in [-0.2, -0.15) is 4.98 Å². The van der Waals surface area contributed by atoms with Crippen molar-refractivity contribution in [3.63, 3.8) is 0 Å². The minimum atomic E-state index is 0.0308. The van der Waals surface area contributed by atoms with E-state index in [1.54, 1.807) is 0 Å². The summed E-state index contributed by atoms with van der Waals surface area (Å²) in [5.74, 6) is 1.44. The minimum Gasteiger partial charge on any atom is -0.368 e. The van der Waals surface area contributed by atoms with Crippen LogP contribution in [-0.4, -0.2) is 28.8 Å². The number of nitrogens with two attached hydrogens (primary N) is 1. The van der Waals surface area contributed by atoms with E-state index in [0.29, 0.717) is 12.5 Å². The van der Waals surface area contributed by atoms with Gasteiger partial charge in [0.15, 0.2) is 5.78 Å². The van der Waals surface area contributed by atoms with E-state index < -0.39 is 0 Å². The molecule has 1 aliphatic rings. The number of aromatic nitrogens is 2. The molecule has 3 rings (SSSR count). The number of nitrogen functional groups attached to an aromatic ring is 1. The normalized spacial score (nSPS) is 18.5. The topological polar surface area (TPSA) is 72.1 Å². The molecule has 0 aliphatic carbocycles. The molecule has 2 aromatic heterocycles. The van der Waals surface area contributed by atoms with Crippen molar-refractivity contribution >= 4 is 28.9 Å². The fourth-order valence-electron chi connectivity index (χ4n) is 2.95. The molecule has 116 valence electrons. The molecular weight excluding hydrogens is 296 g/mol. The fraction of sp³-hybridized carbons (Fsp3) is 0.438. The zero-order valence-corrected chi connectivity index (χ0v) is 13.7. The number of piperidine rings is 1. The maximum absolute atomic E-state index is 12.6. The van der Waals surface area contributed by atoms with Gasteiger partial charge in [0.2, 0.25) is 5.95 Å². The van der Waals surface area contributed by atoms with E-state index in [1.165, 1.54) is 11.3 Å². The smallest absolute Gasteiger partial charge is 0.222 e. The monoisotopic (exact) mass is 316 g/mol. The van der Waals surface area contributed by atoms with E-state index in [1.807, 2.05) is 31.4 Å². The first-order valence-electron chi connectivity index (χ1n) is 7.49. The van der Waals surface area contributed by atoms with Crippen LogP contribution in [0.1, 0.15) is 33.8 Å². The zero-order chi connectivity index (χ0) is 15.7. The lowest BCUT2D eigenvalue weighted by Crippen LogP contribution is -2.39. The summed E-state index contributed by atoms with van der Waals surface area (Å²) in [6, 6.07) is 3.83. The summed E-state index contributed by atoms with van der Waals surface area (Å²) in [6.45, 7) is 5.56. The molecule has 6 heteroatoms. The second-order valence-electron chi connectivity index (χ2n) is 5.74. The van der Waals surface area contributed by atoms with E-state index in [0.717, 1.165) is 41.3 Å². The summed E-state index contributed by atoms with van der Waals surface area (Å²) in [6.07, 6.45) is 1.93. The third-order valence-electron chi connectivity index (χ3n) is 4.24. The summed E-state index contributed by atoms with van der Waals surface area (Å²) < 4.78 is 0. The highest BCUT2D eigenvalue weighted by Gasteiger charge is 2.28. The molecule has 0 unspecified atom stereocenters. The molecule has 22 heavy (non-hydrogen) atoms. The number of hydrogen-bond acceptors (Lipinski definition) is 6. The van der Waals surface area contributed by atoms with Gasteiger partial charge in [0.1, 0.15) is 5.82 Å². The Bertz CT molecular complexity index is 684. The molecule has 1 saturated heterocycles. The van der Waals surface area contributed by atoms with Crippen molar-refractivity contribution in [1.82, 2.24) is 9.97 Å². The number of thiophene rings is 1. The molecule has 0 saturated carbocycles. The number of aryl methyl sites for hydroxylation is 1. The fourth-order valence-corrected chi connectivity index (χ4v) is 3.69. The van der Waals surface area contributed by atoms with Crippen LogP contribution in [0.2, 0.25) is 0 Å². The summed E-state index contributed by atoms with van der Waals surface area (Å²) in [5, 5.41) is 1.95. The predicted octanol–water partition coefficient (Wildman–Crippen LogP) is 2.84. The van der Waals surface area contributed by atoms with Gasteiger partial charge in [-0.15, -0.1) is 11.3 Å². The Kier molecular flexibility index (Phi) is 4.11. The van der Waals surface area contributed by atoms with Gasteiger partial charge in [-0.25, -0.2) is 4.98 Å². The summed E-state index contributed by atoms with van der Waals surface area (Å²) in [7, 11) is 0. The van der Waals surface area contributed by atoms with Crippen LogP contribution < -0.4 is 10.6 Å². The lowest BCUT2D eigenvalue weighted by molar-refractivity contribution is 0.0911. The van der Waals surface area contributed by atoms with Gasteiger partial charge in [0.05, 0.1) is 4.88 Å². The third kappa shape index (κ3) is 2.83. The quantitative estimate of drug-likeness (QED) is 0.882. The number of carbonyl (C=O) groups excluding carboxylic acids is 1. The maximum Gasteiger partial charge on any atom is 0.222 e. The van der Waals surface area contributed by atoms with Crippen molar-refractivity contribution in [3.05, 3.63) is 33.6 Å². The lowest BCUT2D eigenvalue weighted by atomic mass is 9.92. The number of rotatable bonds is 3. The Morgan fingerprint density at radius 3 is 2.95 bits per heavy atom. The zero-order valence-electron chi connectivity index (χ0n) is 12.9. The number of ketones is 1. The largest absolute Gasteiger partial charge is 0.368 e. The first kappa shape index (κ1) is 15.0. The Hall–Kier alpha value is -1.95. The molecule has 1 aliphatic heterocycles. The molecule has 0 radical (unpaired) electrons. The molecule has 0 bridgehead atoms. The Morgan fingerprint density at radius 1 is 1.41 bits per heavy atom. The van der Waals surface area contributed by atoms with E-state index in [9.17, 15) is 4.79 Å². The van der Waals surface area contributed by atoms with Crippen LogP contribution in [0.15, 0.2) is 17.5 Å². The molecule has 1 atom stereocenters. The molecule has 2 N–H and O–H groups in total. The van der Waals surface area contributed by atoms with Crippen LogP contribution in [0, 0.1) is 19.8 Å². The predicted molar refractivity (Wildman–Crippen MR) is 89.5 cm³/mol. The first-order valence-corrected chi connectivity index (χ1v) is 8.37. The van der Waals surface area contributed by atoms with Crippen molar-refractivity contribution in [2.45, 2.75) is 26.7 Å². The van der Waals surface area contributed by atoms with Gasteiger partial charge in [-0.3, -0.25) is 4.79 Å². The maximum atomic E-state index is 12.6. The number of carbonyl (C=O) groups is 1. The average Bonchev–Trinajstić information content (AvgIpc) is 3.04. The summed E-state index contributed by atoms with van der Waals surface area (Å²) in [5.41, 5.74) is 7.73. The summed E-state index contributed by atoms with van der Waals surface area (Å²) in [4.78, 5) is 24.2. The van der Waals surface area contributed by atoms with Crippen LogP contribution >= 0.6 is 11.3 Å². The molecule has 1 fully saturated rings. The number of anilines is 2. The third-order valence-corrected chi connectivity index (χ3v) is 5.12. The Labute approximate surface area is 134 Å². The van der Waals surface area contributed by atoms with Gasteiger partial charge >= 0.3 is 0 Å². The second-order valence-corrected chi connectivity index (χ2v) is 6.69. The lowest BCUT2D eigenvalue weighted by Gasteiger charge is -2.33. The standard InChI is InChI=1S/C16H20N4OS/c1-10-11(2)18-16(17)19-15(10)20-7-3-5-12(9-20)14(21)13-6-4-8-22-13/h4,6,8,12H,3,5,7,9H2,1-2H3,(H2,17,18,19)/t12-/m0/s1. The van der Waals surface area contributed by atoms with Gasteiger partial charge in [0.25, 0.3) is 0 Å². The number of Topliss-reactive ketones (excluding diaryl/α,β-unsaturated/α-hetero) is 1. The number of nitrogens with zero attached hydrogens (tertiary/aromatic N) is 3. The summed E-state index contributed by atoms with van der Waals surface area (Å²) >= 11 is 1.52. The van der Waals surface area contributed by atoms with Gasteiger partial charge in [-0.1, -0.05) is 6.07 Å². The first-order chi connectivity index (χ1) is 10.6. The molecule has 3 heterocycles. The van der Waals surface area contributed by atoms with Gasteiger partial charge < -0.3 is 10.6 Å². The minimum absolute atomic E-state index is 0.0308. The highest BCUT2D eigenvalue weighted by molar-refractivity contribution is 7.12. The number of hydrogen-bond donors (Lipinski definition) is 1. The molecule has 2 aromatic rings. The Balaban J connectivity index is 1.83. The molecule has 5 nitrogen and oxygen atoms in total. The van der Waals surface area contributed by atoms with Crippen LogP contribution in [0.5, 0.6) is 0 Å². The molecule has 0 spiro atoms. The van der Waals surface area contributed by atoms with E-state index in [4.69, 9.17) is 5.73 Å². The van der Waals surface area contributed by atoms with Crippen LogP contribution in [0.4, 0.5) is 11.8 Å². The van der Waals surface area contributed by atoms with E-state index in [2.05, 4.69) is 14.9 Å². The Morgan fingerprint density at radius 2 is 2.23 bits per heavy atom. The van der Waals surface area contributed by atoms with Crippen molar-refractivity contribution in [2.75, 3.05) is 23.7 Å². The molecular formula is C16H20N4OS. The van der Waals surface area contributed by atoms with Crippen LogP contribution in [0.25, 0.3) is 0 Å². The SMILES string of the molecule is Cc1nc(N)nc(N2CCC[C@H](C(=O)c3cccs3)C2)c1C. The van der Waals surface area contributed by atoms with Crippen molar-refractivity contribution < 1.29 is 4.79 Å². The van der Waals surface area contributed by atoms with Crippen molar-refractivity contribution in [1.29, 1.82) is 0 Å². The average molecular weight is 316 g/mol. The van der Waals surface area contributed by atoms with E-state index >= 15 is 0 Å². The molecule has 0 aromatic carbocycles. The second kappa shape index (κ2) is 6.04. The molecule has 0 amide bonds. The van der Waals surface area contributed by atoms with Crippen molar-refractivity contribution in [2.24, 2.45) is 5.92 Å². The van der Waals surface area contributed by atoms with Crippen LogP contribution in [0.3, 0.4) is 0 Å². The van der Waals surface area contributed by atoms with Crippen LogP contribution in [-0.2, 0) is 0 Å². The van der Waals surface area contributed by atoms with Gasteiger partial charge in [0, 0.05) is 30.3 Å². The van der Waals surface area contributed by atoms with Crippen molar-refractivity contribution in [3.8, 4) is 0 Å². The van der Waals surface area contributed by atoms with Gasteiger partial charge in [-0.05, 0) is 38.1 Å². The highest BCUT2D eigenvalue weighted by Crippen LogP contribution is 2.28. The highest BCUT2D eigenvalue weighted by atomic mass is 32.1. The van der Waals surface area contributed by atoms with E-state index in [-0.39, 0.29) is 11.7 Å².